The van der Waals surface area contributed by atoms with Crippen LogP contribution in [-0.4, -0.2) is 26.3 Å². The Morgan fingerprint density at radius 3 is 2.23 bits per heavy atom. The Balaban J connectivity index is 1.56. The Morgan fingerprint density at radius 2 is 1.61 bits per heavy atom. The zero-order valence-corrected chi connectivity index (χ0v) is 18.4. The number of carbonyl (C=O) groups excluding carboxylic acids is 1. The third kappa shape index (κ3) is 6.38. The molecule has 0 bridgehead atoms. The molecule has 0 spiro atoms. The predicted octanol–water partition coefficient (Wildman–Crippen LogP) is 5.35. The van der Waals surface area contributed by atoms with E-state index >= 15 is 0 Å². The number of rotatable bonds is 8. The number of nitrogens with one attached hydrogen (secondary N) is 1. The van der Waals surface area contributed by atoms with Crippen LogP contribution in [0.3, 0.4) is 0 Å². The number of methoxy groups -OCH3 is 2. The second kappa shape index (κ2) is 10.7. The van der Waals surface area contributed by atoms with E-state index in [9.17, 15) is 4.79 Å². The fourth-order valence-corrected chi connectivity index (χ4v) is 3.08. The molecule has 3 rings (SSSR count). The van der Waals surface area contributed by atoms with Gasteiger partial charge in [0.25, 0.3) is 5.91 Å². The highest BCUT2D eigenvalue weighted by atomic mass is 35.5. The summed E-state index contributed by atoms with van der Waals surface area (Å²) < 4.78 is 16.1. The van der Waals surface area contributed by atoms with Crippen LogP contribution in [0.15, 0.2) is 65.8 Å². The number of ether oxygens (including phenoxy) is 3. The molecule has 0 heterocycles. The van der Waals surface area contributed by atoms with Gasteiger partial charge in [0.15, 0.2) is 0 Å². The summed E-state index contributed by atoms with van der Waals surface area (Å²) in [6, 6.07) is 17.4. The molecule has 0 radical (unpaired) electrons. The van der Waals surface area contributed by atoms with E-state index in [1.807, 2.05) is 18.2 Å². The number of halogens is 2. The summed E-state index contributed by atoms with van der Waals surface area (Å²) in [7, 11) is 3.04. The van der Waals surface area contributed by atoms with Gasteiger partial charge in [0.05, 0.1) is 20.4 Å². The van der Waals surface area contributed by atoms with Crippen molar-refractivity contribution in [2.45, 2.75) is 6.61 Å². The van der Waals surface area contributed by atoms with Gasteiger partial charge in [-0.25, -0.2) is 5.43 Å². The van der Waals surface area contributed by atoms with E-state index in [-0.39, 0.29) is 5.91 Å². The molecule has 31 heavy (non-hydrogen) atoms. The molecular formula is C23H20Cl2N2O4. The molecule has 0 unspecified atom stereocenters. The molecule has 0 saturated carbocycles. The predicted molar refractivity (Wildman–Crippen MR) is 122 cm³/mol. The Kier molecular flexibility index (Phi) is 7.76. The van der Waals surface area contributed by atoms with Gasteiger partial charge in [0.1, 0.15) is 23.9 Å². The number of amides is 1. The van der Waals surface area contributed by atoms with Gasteiger partial charge in [-0.05, 0) is 54.1 Å². The average molecular weight is 459 g/mol. The second-order valence-corrected chi connectivity index (χ2v) is 7.24. The van der Waals surface area contributed by atoms with Crippen LogP contribution in [0.5, 0.6) is 17.2 Å². The van der Waals surface area contributed by atoms with Crippen molar-refractivity contribution < 1.29 is 19.0 Å². The molecule has 0 aliphatic rings. The Labute approximate surface area is 190 Å². The number of carbonyl (C=O) groups is 1. The normalized spacial score (nSPS) is 10.7. The van der Waals surface area contributed by atoms with E-state index in [0.29, 0.717) is 39.5 Å². The lowest BCUT2D eigenvalue weighted by molar-refractivity contribution is 0.0954. The third-order valence-corrected chi connectivity index (χ3v) is 4.87. The first-order valence-corrected chi connectivity index (χ1v) is 9.97. The molecule has 8 heteroatoms. The van der Waals surface area contributed by atoms with Crippen molar-refractivity contribution >= 4 is 35.3 Å². The Hall–Kier alpha value is -3.22. The van der Waals surface area contributed by atoms with E-state index in [0.717, 1.165) is 11.1 Å². The number of hydrazone groups is 1. The fourth-order valence-electron chi connectivity index (χ4n) is 2.62. The van der Waals surface area contributed by atoms with Crippen LogP contribution in [0.2, 0.25) is 10.0 Å². The van der Waals surface area contributed by atoms with E-state index in [1.54, 1.807) is 42.5 Å². The summed E-state index contributed by atoms with van der Waals surface area (Å²) in [5, 5.41) is 5.13. The van der Waals surface area contributed by atoms with Gasteiger partial charge in [-0.3, -0.25) is 4.79 Å². The van der Waals surface area contributed by atoms with Crippen molar-refractivity contribution in [3.8, 4) is 17.2 Å². The number of benzene rings is 3. The molecule has 0 aromatic heterocycles. The molecule has 1 amide bonds. The second-order valence-electron chi connectivity index (χ2n) is 6.39. The summed E-state index contributed by atoms with van der Waals surface area (Å²) in [5.41, 5.74) is 4.49. The lowest BCUT2D eigenvalue weighted by atomic mass is 10.2. The van der Waals surface area contributed by atoms with Crippen LogP contribution in [0, 0.1) is 0 Å². The number of hydrogen-bond acceptors (Lipinski definition) is 5. The molecule has 160 valence electrons. The maximum absolute atomic E-state index is 12.3. The van der Waals surface area contributed by atoms with Gasteiger partial charge in [0, 0.05) is 27.2 Å². The number of hydrogen-bond donors (Lipinski definition) is 1. The van der Waals surface area contributed by atoms with Crippen molar-refractivity contribution in [2.75, 3.05) is 14.2 Å². The van der Waals surface area contributed by atoms with Crippen molar-refractivity contribution in [3.05, 3.63) is 87.4 Å². The first-order chi connectivity index (χ1) is 15.0. The van der Waals surface area contributed by atoms with Gasteiger partial charge in [0.2, 0.25) is 0 Å². The Morgan fingerprint density at radius 1 is 0.935 bits per heavy atom. The topological polar surface area (TPSA) is 69.2 Å². The molecule has 0 aliphatic heterocycles. The van der Waals surface area contributed by atoms with Crippen molar-refractivity contribution in [1.82, 2.24) is 5.43 Å². The lowest BCUT2D eigenvalue weighted by Crippen LogP contribution is -2.17. The minimum Gasteiger partial charge on any atom is -0.497 e. The van der Waals surface area contributed by atoms with E-state index in [2.05, 4.69) is 10.5 Å². The standard InChI is InChI=1S/C23H20Cl2N2O4/c1-29-20-9-17(10-21(12-20)30-2)23(28)27-26-13-15-3-7-19(8-4-15)31-14-16-5-6-18(24)11-22(16)25/h3-13H,14H2,1-2H3,(H,27,28)/b26-13+. The zero-order chi connectivity index (χ0) is 22.2. The molecule has 3 aromatic rings. The van der Waals surface area contributed by atoms with Crippen molar-refractivity contribution in [1.29, 1.82) is 0 Å². The minimum atomic E-state index is -0.381. The maximum atomic E-state index is 12.3. The van der Waals surface area contributed by atoms with Crippen LogP contribution in [-0.2, 0) is 6.61 Å². The van der Waals surface area contributed by atoms with Crippen molar-refractivity contribution in [3.63, 3.8) is 0 Å². The monoisotopic (exact) mass is 458 g/mol. The van der Waals surface area contributed by atoms with Crippen molar-refractivity contribution in [2.24, 2.45) is 5.10 Å². The van der Waals surface area contributed by atoms with E-state index < -0.39 is 0 Å². The van der Waals surface area contributed by atoms with Crippen LogP contribution in [0.1, 0.15) is 21.5 Å². The molecular weight excluding hydrogens is 439 g/mol. The van der Waals surface area contributed by atoms with Crippen LogP contribution in [0.25, 0.3) is 0 Å². The zero-order valence-electron chi connectivity index (χ0n) is 16.9. The van der Waals surface area contributed by atoms with Gasteiger partial charge in [-0.2, -0.15) is 5.10 Å². The van der Waals surface area contributed by atoms with E-state index in [4.69, 9.17) is 37.4 Å². The van der Waals surface area contributed by atoms with Crippen LogP contribution < -0.4 is 19.6 Å². The molecule has 1 N–H and O–H groups in total. The molecule has 3 aromatic carbocycles. The quantitative estimate of drug-likeness (QED) is 0.364. The summed E-state index contributed by atoms with van der Waals surface area (Å²) in [6.45, 7) is 0.323. The third-order valence-electron chi connectivity index (χ3n) is 4.28. The summed E-state index contributed by atoms with van der Waals surface area (Å²) in [5.74, 6) is 1.33. The van der Waals surface area contributed by atoms with Gasteiger partial charge in [-0.15, -0.1) is 0 Å². The number of nitrogens with zero attached hydrogens (tertiary/aromatic N) is 1. The highest BCUT2D eigenvalue weighted by molar-refractivity contribution is 6.35. The lowest BCUT2D eigenvalue weighted by Gasteiger charge is -2.08. The molecule has 6 nitrogen and oxygen atoms in total. The molecule has 0 atom stereocenters. The highest BCUT2D eigenvalue weighted by Gasteiger charge is 2.09. The average Bonchev–Trinajstić information content (AvgIpc) is 2.79. The summed E-state index contributed by atoms with van der Waals surface area (Å²) in [6.07, 6.45) is 1.54. The maximum Gasteiger partial charge on any atom is 0.271 e. The van der Waals surface area contributed by atoms with Gasteiger partial charge in [-0.1, -0.05) is 29.3 Å². The molecule has 0 aliphatic carbocycles. The fraction of sp³-hybridized carbons (Fsp3) is 0.130. The minimum absolute atomic E-state index is 0.323. The van der Waals surface area contributed by atoms with E-state index in [1.165, 1.54) is 20.4 Å². The SMILES string of the molecule is COc1cc(OC)cc(C(=O)N/N=C/c2ccc(OCc3ccc(Cl)cc3Cl)cc2)c1. The summed E-state index contributed by atoms with van der Waals surface area (Å²) in [4.78, 5) is 12.3. The molecule has 0 saturated heterocycles. The van der Waals surface area contributed by atoms with Crippen LogP contribution in [0.4, 0.5) is 0 Å². The first-order valence-electron chi connectivity index (χ1n) is 9.22. The first kappa shape index (κ1) is 22.5. The van der Waals surface area contributed by atoms with Gasteiger partial charge < -0.3 is 14.2 Å². The largest absolute Gasteiger partial charge is 0.497 e. The Bertz CT molecular complexity index is 1060. The van der Waals surface area contributed by atoms with Crippen LogP contribution >= 0.6 is 23.2 Å². The molecule has 0 fully saturated rings. The van der Waals surface area contributed by atoms with Gasteiger partial charge >= 0.3 is 0 Å². The highest BCUT2D eigenvalue weighted by Crippen LogP contribution is 2.23. The smallest absolute Gasteiger partial charge is 0.271 e. The summed E-state index contributed by atoms with van der Waals surface area (Å²) >= 11 is 12.1.